The monoisotopic (exact) mass is 368 g/mol. The number of morpholine rings is 1. The van der Waals surface area contributed by atoms with Crippen molar-refractivity contribution in [1.29, 1.82) is 0 Å². The fourth-order valence-electron chi connectivity index (χ4n) is 2.71. The summed E-state index contributed by atoms with van der Waals surface area (Å²) >= 11 is 0. The van der Waals surface area contributed by atoms with Gasteiger partial charge in [0.2, 0.25) is 11.9 Å². The molecule has 0 aromatic carbocycles. The molecule has 2 N–H and O–H groups in total. The number of hydrogen-bond acceptors (Lipinski definition) is 10. The minimum absolute atomic E-state index is 0.216. The maximum absolute atomic E-state index is 5.94. The van der Waals surface area contributed by atoms with Crippen LogP contribution >= 0.6 is 0 Å². The van der Waals surface area contributed by atoms with Crippen molar-refractivity contribution in [3.8, 4) is 0 Å². The van der Waals surface area contributed by atoms with Crippen LogP contribution in [0.15, 0.2) is 46.8 Å². The van der Waals surface area contributed by atoms with E-state index in [1.54, 1.807) is 23.7 Å². The highest BCUT2D eigenvalue weighted by Gasteiger charge is 2.26. The first-order valence-electron chi connectivity index (χ1n) is 8.64. The van der Waals surface area contributed by atoms with Gasteiger partial charge in [0, 0.05) is 31.7 Å². The molecule has 0 atom stereocenters. The van der Waals surface area contributed by atoms with Crippen molar-refractivity contribution in [2.24, 2.45) is 9.98 Å². The highest BCUT2D eigenvalue weighted by atomic mass is 16.7. The van der Waals surface area contributed by atoms with Crippen LogP contribution < -0.4 is 5.73 Å². The van der Waals surface area contributed by atoms with Gasteiger partial charge in [-0.05, 0) is 12.1 Å². The summed E-state index contributed by atoms with van der Waals surface area (Å²) < 4.78 is 5.45. The molecular weight excluding hydrogens is 348 g/mol. The number of aliphatic imine (C=N–C) groups is 2. The van der Waals surface area contributed by atoms with Crippen LogP contribution in [0.5, 0.6) is 0 Å². The van der Waals surface area contributed by atoms with Crippen LogP contribution in [0, 0.1) is 0 Å². The smallest absolute Gasteiger partial charge is 0.229 e. The van der Waals surface area contributed by atoms with E-state index in [0.29, 0.717) is 43.8 Å². The molecule has 0 aliphatic carbocycles. The Balaban J connectivity index is 1.54. The zero-order valence-electron chi connectivity index (χ0n) is 14.7. The van der Waals surface area contributed by atoms with Gasteiger partial charge >= 0.3 is 0 Å². The van der Waals surface area contributed by atoms with Crippen molar-refractivity contribution in [3.63, 3.8) is 0 Å². The highest BCUT2D eigenvalue weighted by molar-refractivity contribution is 6.06. The van der Waals surface area contributed by atoms with E-state index in [4.69, 9.17) is 20.3 Å². The third-order valence-corrected chi connectivity index (χ3v) is 4.10. The van der Waals surface area contributed by atoms with Gasteiger partial charge in [0.25, 0.3) is 0 Å². The summed E-state index contributed by atoms with van der Waals surface area (Å²) in [6.45, 7) is 3.39. The number of anilines is 1. The standard InChI is InChI=1S/C17H20N8O2/c18-16-20-9-13(10-21-16)15-22-12-25(27-11-14-3-1-2-4-19-14)17(23-15)24-5-7-26-8-6-24/h1-4,9-10H,5-8,11-12H2,(H2,18,20,21). The van der Waals surface area contributed by atoms with Crippen LogP contribution in [0.2, 0.25) is 0 Å². The van der Waals surface area contributed by atoms with E-state index in [2.05, 4.69) is 24.8 Å². The van der Waals surface area contributed by atoms with Gasteiger partial charge in [-0.15, -0.1) is 0 Å². The van der Waals surface area contributed by atoms with E-state index < -0.39 is 0 Å². The van der Waals surface area contributed by atoms with Gasteiger partial charge in [0.15, 0.2) is 5.84 Å². The Morgan fingerprint density at radius 1 is 1.11 bits per heavy atom. The molecule has 0 spiro atoms. The highest BCUT2D eigenvalue weighted by Crippen LogP contribution is 2.14. The number of nitrogens with zero attached hydrogens (tertiary/aromatic N) is 7. The second kappa shape index (κ2) is 8.06. The molecule has 4 rings (SSSR count). The summed E-state index contributed by atoms with van der Waals surface area (Å²) in [6.07, 6.45) is 4.97. The fraction of sp³-hybridized carbons (Fsp3) is 0.353. The number of amidine groups is 1. The van der Waals surface area contributed by atoms with Crippen LogP contribution in [0.4, 0.5) is 5.95 Å². The van der Waals surface area contributed by atoms with E-state index in [9.17, 15) is 0 Å². The van der Waals surface area contributed by atoms with Crippen molar-refractivity contribution < 1.29 is 9.57 Å². The number of guanidine groups is 1. The Morgan fingerprint density at radius 2 is 1.93 bits per heavy atom. The molecule has 1 saturated heterocycles. The number of pyridine rings is 1. The lowest BCUT2D eigenvalue weighted by atomic mass is 10.3. The van der Waals surface area contributed by atoms with Gasteiger partial charge < -0.3 is 15.4 Å². The Bertz CT molecular complexity index is 819. The molecule has 2 aliphatic rings. The molecule has 27 heavy (non-hydrogen) atoms. The summed E-state index contributed by atoms with van der Waals surface area (Å²) in [6, 6.07) is 5.71. The molecule has 10 heteroatoms. The molecular formula is C17H20N8O2. The molecule has 10 nitrogen and oxygen atoms in total. The van der Waals surface area contributed by atoms with Gasteiger partial charge in [0.1, 0.15) is 13.3 Å². The van der Waals surface area contributed by atoms with Gasteiger partial charge in [-0.25, -0.2) is 15.0 Å². The van der Waals surface area contributed by atoms with E-state index in [-0.39, 0.29) is 5.95 Å². The summed E-state index contributed by atoms with van der Waals surface area (Å²) in [5.41, 5.74) is 7.10. The Hall–Kier alpha value is -3.11. The average molecular weight is 368 g/mol. The maximum Gasteiger partial charge on any atom is 0.229 e. The topological polar surface area (TPSA) is 114 Å². The second-order valence-electron chi connectivity index (χ2n) is 5.94. The number of hydroxylamine groups is 2. The van der Waals surface area contributed by atoms with Crippen molar-refractivity contribution in [2.45, 2.75) is 6.61 Å². The predicted octanol–water partition coefficient (Wildman–Crippen LogP) is 0.293. The minimum atomic E-state index is 0.216. The molecule has 0 saturated carbocycles. The Labute approximate surface area is 156 Å². The van der Waals surface area contributed by atoms with Crippen LogP contribution in [0.3, 0.4) is 0 Å². The summed E-state index contributed by atoms with van der Waals surface area (Å²) in [5, 5.41) is 1.68. The summed E-state index contributed by atoms with van der Waals surface area (Å²) in [5.74, 6) is 1.46. The number of aromatic nitrogens is 3. The molecule has 2 aromatic rings. The van der Waals surface area contributed by atoms with Gasteiger partial charge in [0.05, 0.1) is 24.5 Å². The van der Waals surface area contributed by atoms with E-state index in [0.717, 1.165) is 18.8 Å². The zero-order chi connectivity index (χ0) is 18.5. The second-order valence-corrected chi connectivity index (χ2v) is 5.94. The third kappa shape index (κ3) is 4.18. The van der Waals surface area contributed by atoms with Crippen molar-refractivity contribution in [1.82, 2.24) is 24.9 Å². The van der Waals surface area contributed by atoms with E-state index in [1.807, 2.05) is 18.2 Å². The molecule has 0 unspecified atom stereocenters. The molecule has 2 aliphatic heterocycles. The lowest BCUT2D eigenvalue weighted by molar-refractivity contribution is -0.122. The zero-order valence-corrected chi connectivity index (χ0v) is 14.7. The average Bonchev–Trinajstić information content (AvgIpc) is 2.74. The quantitative estimate of drug-likeness (QED) is 0.819. The largest absolute Gasteiger partial charge is 0.378 e. The molecule has 0 radical (unpaired) electrons. The first kappa shape index (κ1) is 17.3. The number of ether oxygens (including phenoxy) is 1. The van der Waals surface area contributed by atoms with E-state index >= 15 is 0 Å². The van der Waals surface area contributed by atoms with Crippen molar-refractivity contribution in [2.75, 3.05) is 38.7 Å². The number of hydrogen-bond donors (Lipinski definition) is 1. The van der Waals surface area contributed by atoms with Crippen molar-refractivity contribution in [3.05, 3.63) is 48.0 Å². The van der Waals surface area contributed by atoms with Crippen molar-refractivity contribution >= 4 is 17.7 Å². The minimum Gasteiger partial charge on any atom is -0.378 e. The van der Waals surface area contributed by atoms with Crippen LogP contribution in [-0.4, -0.2) is 69.7 Å². The molecule has 140 valence electrons. The number of nitrogen functional groups attached to an aromatic ring is 1. The van der Waals surface area contributed by atoms with E-state index in [1.165, 1.54) is 0 Å². The lowest BCUT2D eigenvalue weighted by Crippen LogP contribution is -2.50. The molecule has 1 fully saturated rings. The summed E-state index contributed by atoms with van der Waals surface area (Å²) in [4.78, 5) is 29.6. The lowest BCUT2D eigenvalue weighted by Gasteiger charge is -2.36. The van der Waals surface area contributed by atoms with Crippen LogP contribution in [0.1, 0.15) is 11.3 Å². The third-order valence-electron chi connectivity index (χ3n) is 4.10. The SMILES string of the molecule is Nc1ncc(C2=NCN(OCc3ccccn3)C(N3CCOCC3)=N2)cn1. The Morgan fingerprint density at radius 3 is 2.67 bits per heavy atom. The predicted molar refractivity (Wildman–Crippen MR) is 98.5 cm³/mol. The number of nitrogens with two attached hydrogens (primary N) is 1. The summed E-state index contributed by atoms with van der Waals surface area (Å²) in [7, 11) is 0. The fourth-order valence-corrected chi connectivity index (χ4v) is 2.71. The molecule has 0 amide bonds. The first-order chi connectivity index (χ1) is 13.3. The van der Waals surface area contributed by atoms with Gasteiger partial charge in [-0.2, -0.15) is 10.1 Å². The number of rotatable bonds is 4. The van der Waals surface area contributed by atoms with Gasteiger partial charge in [-0.1, -0.05) is 6.07 Å². The normalized spacial score (nSPS) is 17.5. The molecule has 0 bridgehead atoms. The molecule has 2 aromatic heterocycles. The Kier molecular flexibility index (Phi) is 5.17. The first-order valence-corrected chi connectivity index (χ1v) is 8.64. The van der Waals surface area contributed by atoms with Gasteiger partial charge in [-0.3, -0.25) is 9.82 Å². The van der Waals surface area contributed by atoms with Crippen LogP contribution in [0.25, 0.3) is 0 Å². The van der Waals surface area contributed by atoms with Crippen LogP contribution in [-0.2, 0) is 16.2 Å². The maximum atomic E-state index is 5.94. The molecule has 4 heterocycles.